The van der Waals surface area contributed by atoms with Gasteiger partial charge in [-0.25, -0.2) is 0 Å². The summed E-state index contributed by atoms with van der Waals surface area (Å²) in [6.07, 6.45) is 4.22. The van der Waals surface area contributed by atoms with Gasteiger partial charge in [0.05, 0.1) is 13.2 Å². The molecule has 18 heavy (non-hydrogen) atoms. The van der Waals surface area contributed by atoms with Crippen LogP contribution in [0, 0.1) is 5.92 Å². The molecule has 0 amide bonds. The largest absolute Gasteiger partial charge is 0.354 e. The Morgan fingerprint density at radius 3 is 2.11 bits per heavy atom. The fourth-order valence-electron chi connectivity index (χ4n) is 1.77. The lowest BCUT2D eigenvalue weighted by atomic mass is 10.0. The summed E-state index contributed by atoms with van der Waals surface area (Å²) in [5.41, 5.74) is 1.18. The van der Waals surface area contributed by atoms with Crippen LogP contribution in [-0.2, 0) is 13.6 Å². The monoisotopic (exact) mass is 276 g/mol. The minimum atomic E-state index is -3.02. The van der Waals surface area contributed by atoms with Gasteiger partial charge in [-0.1, -0.05) is 32.8 Å². The molecule has 0 aliphatic heterocycles. The Morgan fingerprint density at radius 1 is 1.17 bits per heavy atom. The maximum atomic E-state index is 12.4. The molecule has 0 unspecified atom stereocenters. The Bertz CT molecular complexity index is 275. The average Bonchev–Trinajstić information content (AvgIpc) is 2.27. The molecule has 0 N–H and O–H groups in total. The van der Waals surface area contributed by atoms with Gasteiger partial charge in [0.1, 0.15) is 0 Å². The first kappa shape index (κ1) is 17.9. The van der Waals surface area contributed by atoms with Crippen LogP contribution in [0.3, 0.4) is 0 Å². The van der Waals surface area contributed by atoms with Gasteiger partial charge in [-0.3, -0.25) is 4.57 Å². The normalized spacial score (nSPS) is 13.3. The molecule has 0 atom stereocenters. The summed E-state index contributed by atoms with van der Waals surface area (Å²) >= 11 is 0. The summed E-state index contributed by atoms with van der Waals surface area (Å²) in [6, 6.07) is 0. The summed E-state index contributed by atoms with van der Waals surface area (Å²) in [5, 5.41) is 0. The first-order valence-electron chi connectivity index (χ1n) is 7.06. The lowest BCUT2D eigenvalue weighted by Crippen LogP contribution is -1.95. The molecule has 0 spiro atoms. The van der Waals surface area contributed by atoms with Crippen LogP contribution < -0.4 is 0 Å². The molecule has 0 aliphatic rings. The predicted octanol–water partition coefficient (Wildman–Crippen LogP) is 5.37. The van der Waals surface area contributed by atoms with E-state index in [0.29, 0.717) is 19.1 Å². The molecular weight excluding hydrogens is 247 g/mol. The minimum Gasteiger partial charge on any atom is -0.306 e. The van der Waals surface area contributed by atoms with E-state index >= 15 is 0 Å². The van der Waals surface area contributed by atoms with Crippen LogP contribution in [-0.4, -0.2) is 13.2 Å². The van der Waals surface area contributed by atoms with Gasteiger partial charge in [-0.2, -0.15) is 0 Å². The van der Waals surface area contributed by atoms with Crippen LogP contribution in [0.2, 0.25) is 0 Å². The van der Waals surface area contributed by atoms with Gasteiger partial charge < -0.3 is 9.05 Å². The van der Waals surface area contributed by atoms with Crippen molar-refractivity contribution in [1.29, 1.82) is 0 Å². The Hall–Kier alpha value is -0.110. The number of allylic oxidation sites excluding steroid dienone is 1. The highest BCUT2D eigenvalue weighted by Gasteiger charge is 2.20. The Kier molecular flexibility index (Phi) is 9.71. The summed E-state index contributed by atoms with van der Waals surface area (Å²) in [6.45, 7) is 11.0. The topological polar surface area (TPSA) is 35.5 Å². The molecule has 3 nitrogen and oxygen atoms in total. The van der Waals surface area contributed by atoms with Crippen molar-refractivity contribution in [2.45, 2.75) is 60.3 Å². The smallest absolute Gasteiger partial charge is 0.306 e. The highest BCUT2D eigenvalue weighted by molar-refractivity contribution is 7.57. The van der Waals surface area contributed by atoms with Crippen LogP contribution in [0.5, 0.6) is 0 Å². The fraction of sp³-hybridized carbons (Fsp3) is 0.857. The molecule has 0 aromatic carbocycles. The SMILES string of the molecule is CCOP(=O)(C=C(CC)CCCC(C)C)OCC. The van der Waals surface area contributed by atoms with E-state index in [4.69, 9.17) is 9.05 Å². The zero-order valence-corrected chi connectivity index (χ0v) is 13.5. The lowest BCUT2D eigenvalue weighted by molar-refractivity contribution is 0.228. The Labute approximate surface area is 112 Å². The minimum absolute atomic E-state index is 0.413. The highest BCUT2D eigenvalue weighted by Crippen LogP contribution is 2.51. The number of rotatable bonds is 10. The Morgan fingerprint density at radius 2 is 1.72 bits per heavy atom. The van der Waals surface area contributed by atoms with E-state index in [-0.39, 0.29) is 0 Å². The van der Waals surface area contributed by atoms with Crippen LogP contribution in [0.15, 0.2) is 11.4 Å². The first-order chi connectivity index (χ1) is 8.47. The second-order valence-electron chi connectivity index (χ2n) is 4.80. The molecule has 0 radical (unpaired) electrons. The molecule has 0 aliphatic carbocycles. The number of hydrogen-bond acceptors (Lipinski definition) is 3. The van der Waals surface area contributed by atoms with E-state index in [1.165, 1.54) is 12.0 Å². The third kappa shape index (κ3) is 8.07. The number of hydrogen-bond donors (Lipinski definition) is 0. The van der Waals surface area contributed by atoms with Crippen molar-refractivity contribution in [3.63, 3.8) is 0 Å². The predicted molar refractivity (Wildman–Crippen MR) is 77.9 cm³/mol. The van der Waals surface area contributed by atoms with Crippen molar-refractivity contribution in [3.8, 4) is 0 Å². The lowest BCUT2D eigenvalue weighted by Gasteiger charge is -2.15. The molecule has 4 heteroatoms. The molecule has 0 saturated heterocycles. The quantitative estimate of drug-likeness (QED) is 0.503. The van der Waals surface area contributed by atoms with E-state index in [9.17, 15) is 4.57 Å². The van der Waals surface area contributed by atoms with Crippen LogP contribution in [0.4, 0.5) is 0 Å². The Balaban J connectivity index is 4.56. The van der Waals surface area contributed by atoms with Crippen molar-refractivity contribution < 1.29 is 13.6 Å². The van der Waals surface area contributed by atoms with E-state index in [2.05, 4.69) is 20.8 Å². The standard InChI is InChI=1S/C14H29O3P/c1-6-14(11-9-10-13(4)5)12-18(15,16-7-2)17-8-3/h12-13H,6-11H2,1-5H3. The molecule has 0 heterocycles. The van der Waals surface area contributed by atoms with Crippen molar-refractivity contribution in [2.24, 2.45) is 5.92 Å². The second-order valence-corrected chi connectivity index (χ2v) is 6.66. The average molecular weight is 276 g/mol. The summed E-state index contributed by atoms with van der Waals surface area (Å²) < 4.78 is 22.9. The van der Waals surface area contributed by atoms with Gasteiger partial charge in [0.2, 0.25) is 0 Å². The van der Waals surface area contributed by atoms with Crippen molar-refractivity contribution >= 4 is 7.60 Å². The third-order valence-corrected chi connectivity index (χ3v) is 4.61. The second kappa shape index (κ2) is 9.77. The molecule has 108 valence electrons. The van der Waals surface area contributed by atoms with Gasteiger partial charge in [0.25, 0.3) is 0 Å². The van der Waals surface area contributed by atoms with Gasteiger partial charge in [0, 0.05) is 5.82 Å². The van der Waals surface area contributed by atoms with Crippen LogP contribution >= 0.6 is 7.60 Å². The molecule has 0 fully saturated rings. The highest BCUT2D eigenvalue weighted by atomic mass is 31.2. The third-order valence-electron chi connectivity index (χ3n) is 2.69. The summed E-state index contributed by atoms with van der Waals surface area (Å²) in [4.78, 5) is 0. The molecule has 0 aromatic heterocycles. The van der Waals surface area contributed by atoms with Crippen LogP contribution in [0.25, 0.3) is 0 Å². The molecule has 0 rings (SSSR count). The molecular formula is C14H29O3P. The first-order valence-corrected chi connectivity index (χ1v) is 8.68. The van der Waals surface area contributed by atoms with Gasteiger partial charge in [-0.15, -0.1) is 0 Å². The van der Waals surface area contributed by atoms with Crippen molar-refractivity contribution in [2.75, 3.05) is 13.2 Å². The van der Waals surface area contributed by atoms with Gasteiger partial charge in [-0.05, 0) is 39.0 Å². The maximum Gasteiger partial charge on any atom is 0.354 e. The van der Waals surface area contributed by atoms with Crippen molar-refractivity contribution in [1.82, 2.24) is 0 Å². The molecule has 0 bridgehead atoms. The maximum absolute atomic E-state index is 12.4. The summed E-state index contributed by atoms with van der Waals surface area (Å²) in [7, 11) is -3.02. The zero-order chi connectivity index (χ0) is 14.0. The van der Waals surface area contributed by atoms with E-state index in [1.54, 1.807) is 5.82 Å². The van der Waals surface area contributed by atoms with Crippen molar-refractivity contribution in [3.05, 3.63) is 11.4 Å². The van der Waals surface area contributed by atoms with Gasteiger partial charge in [0.15, 0.2) is 0 Å². The molecule has 0 saturated carbocycles. The summed E-state index contributed by atoms with van der Waals surface area (Å²) in [5.74, 6) is 2.45. The molecule has 0 aromatic rings. The zero-order valence-electron chi connectivity index (χ0n) is 12.6. The van der Waals surface area contributed by atoms with Gasteiger partial charge >= 0.3 is 7.60 Å². The fourth-order valence-corrected chi connectivity index (χ4v) is 3.47. The van der Waals surface area contributed by atoms with E-state index in [1.807, 2.05) is 13.8 Å². The van der Waals surface area contributed by atoms with E-state index < -0.39 is 7.60 Å². The van der Waals surface area contributed by atoms with Crippen LogP contribution in [0.1, 0.15) is 60.3 Å². The van der Waals surface area contributed by atoms with E-state index in [0.717, 1.165) is 19.3 Å².